The lowest BCUT2D eigenvalue weighted by molar-refractivity contribution is 0.671. The molecule has 0 unspecified atom stereocenters. The number of benzene rings is 12. The van der Waals surface area contributed by atoms with Gasteiger partial charge in [-0.3, -0.25) is 0 Å². The van der Waals surface area contributed by atoms with Crippen molar-refractivity contribution < 1.29 is 4.42 Å². The van der Waals surface area contributed by atoms with E-state index in [4.69, 9.17) is 4.42 Å². The van der Waals surface area contributed by atoms with Gasteiger partial charge in [0.05, 0.1) is 5.41 Å². The van der Waals surface area contributed by atoms with E-state index in [-0.39, 0.29) is 0 Å². The summed E-state index contributed by atoms with van der Waals surface area (Å²) in [6.07, 6.45) is 0. The van der Waals surface area contributed by atoms with Crippen LogP contribution in [0.15, 0.2) is 302 Å². The van der Waals surface area contributed by atoms with E-state index >= 15 is 0 Å². The fourth-order valence-corrected chi connectivity index (χ4v) is 11.2. The van der Waals surface area contributed by atoms with Crippen LogP contribution in [0.5, 0.6) is 0 Å². The number of fused-ring (bicyclic) bond motifs is 4. The third-order valence-corrected chi connectivity index (χ3v) is 14.6. The Morgan fingerprint density at radius 1 is 0.247 bits per heavy atom. The zero-order valence-corrected chi connectivity index (χ0v) is 40.1. The van der Waals surface area contributed by atoms with Gasteiger partial charge in [-0.05, 0) is 103 Å². The summed E-state index contributed by atoms with van der Waals surface area (Å²) in [5.41, 5.74) is 18.1. The molecule has 13 aromatic rings. The molecule has 0 bridgehead atoms. The van der Waals surface area contributed by atoms with Crippen molar-refractivity contribution in [2.24, 2.45) is 0 Å². The molecule has 73 heavy (non-hydrogen) atoms. The zero-order chi connectivity index (χ0) is 48.6. The Kier molecular flexibility index (Phi) is 11.1. The first-order valence-electron chi connectivity index (χ1n) is 25.1. The Bertz CT molecular complexity index is 3990. The van der Waals surface area contributed by atoms with Crippen LogP contribution in [0.3, 0.4) is 0 Å². The molecule has 0 spiro atoms. The summed E-state index contributed by atoms with van der Waals surface area (Å²) in [5, 5.41) is 4.70. The first-order valence-corrected chi connectivity index (χ1v) is 25.1. The molecule has 0 aliphatic rings. The van der Waals surface area contributed by atoms with Crippen molar-refractivity contribution in [3.63, 3.8) is 0 Å². The average molecular weight is 932 g/mol. The molecule has 0 aliphatic heterocycles. The predicted molar refractivity (Wildman–Crippen MR) is 306 cm³/mol. The van der Waals surface area contributed by atoms with E-state index in [1.54, 1.807) is 0 Å². The molecule has 0 radical (unpaired) electrons. The fraction of sp³-hybridized carbons (Fsp3) is 0.0141. The first-order chi connectivity index (χ1) is 36.2. The highest BCUT2D eigenvalue weighted by molar-refractivity contribution is 6.13. The second kappa shape index (κ2) is 18.7. The van der Waals surface area contributed by atoms with Crippen LogP contribution in [-0.2, 0) is 5.41 Å². The summed E-state index contributed by atoms with van der Waals surface area (Å²) in [7, 11) is 0. The summed E-state index contributed by atoms with van der Waals surface area (Å²) < 4.78 is 6.91. The second-order valence-corrected chi connectivity index (χ2v) is 18.8. The van der Waals surface area contributed by atoms with Crippen LogP contribution in [0, 0.1) is 0 Å². The summed E-state index contributed by atoms with van der Waals surface area (Å²) in [5.74, 6) is 0. The van der Waals surface area contributed by atoms with Gasteiger partial charge in [-0.1, -0.05) is 261 Å². The van der Waals surface area contributed by atoms with Gasteiger partial charge in [-0.25, -0.2) is 0 Å². The standard InChI is InChI=1S/C71H49NO/c1-5-19-50(20-6-1)51-39-45-60(46-40-51)72(61-47-41-54(42-48-61)64-32-15-24-52-23-13-14-31-63(52)64)62-30-16-29-59(49-62)71(56-25-9-3-10-26-56,57-27-11-4-12-28-57)58-43-37-55(38-44-58)66-34-18-36-68-67-35-17-33-65(69(67)73-70(66)68)53-21-7-2-8-22-53/h1-49H. The molecule has 12 aromatic carbocycles. The Morgan fingerprint density at radius 2 is 0.630 bits per heavy atom. The van der Waals surface area contributed by atoms with E-state index in [1.165, 1.54) is 44.2 Å². The van der Waals surface area contributed by atoms with Gasteiger partial charge in [0, 0.05) is 39.0 Å². The minimum absolute atomic E-state index is 0.700. The highest BCUT2D eigenvalue weighted by atomic mass is 16.3. The number of hydrogen-bond acceptors (Lipinski definition) is 2. The zero-order valence-electron chi connectivity index (χ0n) is 40.1. The highest BCUT2D eigenvalue weighted by Crippen LogP contribution is 2.48. The molecule has 0 saturated carbocycles. The van der Waals surface area contributed by atoms with Crippen molar-refractivity contribution in [3.05, 3.63) is 320 Å². The van der Waals surface area contributed by atoms with Crippen LogP contribution < -0.4 is 4.90 Å². The van der Waals surface area contributed by atoms with Crippen LogP contribution >= 0.6 is 0 Å². The van der Waals surface area contributed by atoms with Crippen LogP contribution in [0.4, 0.5) is 17.1 Å². The Morgan fingerprint density at radius 3 is 1.23 bits per heavy atom. The van der Waals surface area contributed by atoms with Gasteiger partial charge in [0.25, 0.3) is 0 Å². The summed E-state index contributed by atoms with van der Waals surface area (Å²) >= 11 is 0. The lowest BCUT2D eigenvalue weighted by Crippen LogP contribution is -2.31. The third-order valence-electron chi connectivity index (χ3n) is 14.6. The summed E-state index contributed by atoms with van der Waals surface area (Å²) in [6, 6.07) is 108. The molecular formula is C71H49NO. The normalized spacial score (nSPS) is 11.6. The molecule has 1 heterocycles. The third kappa shape index (κ3) is 7.78. The maximum absolute atomic E-state index is 6.91. The van der Waals surface area contributed by atoms with Gasteiger partial charge >= 0.3 is 0 Å². The largest absolute Gasteiger partial charge is 0.455 e. The van der Waals surface area contributed by atoms with Crippen molar-refractivity contribution in [3.8, 4) is 44.5 Å². The second-order valence-electron chi connectivity index (χ2n) is 18.8. The predicted octanol–water partition coefficient (Wildman–Crippen LogP) is 19.3. The SMILES string of the molecule is c1ccc(-c2ccc(N(c3ccc(-c4cccc5ccccc45)cc3)c3cccc(C(c4ccccc4)(c4ccccc4)c4ccc(-c5cccc6c5oc5c(-c7ccccc7)cccc56)cc4)c3)cc2)cc1. The van der Waals surface area contributed by atoms with Gasteiger partial charge in [-0.2, -0.15) is 0 Å². The minimum atomic E-state index is -0.700. The van der Waals surface area contributed by atoms with Crippen LogP contribution in [-0.4, -0.2) is 0 Å². The molecule has 344 valence electrons. The van der Waals surface area contributed by atoms with Crippen LogP contribution in [0.25, 0.3) is 77.2 Å². The van der Waals surface area contributed by atoms with Crippen molar-refractivity contribution in [1.29, 1.82) is 0 Å². The Hall–Kier alpha value is -9.50. The van der Waals surface area contributed by atoms with Crippen LogP contribution in [0.1, 0.15) is 22.3 Å². The lowest BCUT2D eigenvalue weighted by Gasteiger charge is -2.38. The molecule has 13 rings (SSSR count). The van der Waals surface area contributed by atoms with E-state index in [9.17, 15) is 0 Å². The van der Waals surface area contributed by atoms with E-state index in [1.807, 2.05) is 0 Å². The van der Waals surface area contributed by atoms with Crippen molar-refractivity contribution in [1.82, 2.24) is 0 Å². The summed E-state index contributed by atoms with van der Waals surface area (Å²) in [6.45, 7) is 0. The van der Waals surface area contributed by atoms with E-state index in [0.717, 1.165) is 72.4 Å². The Balaban J connectivity index is 0.965. The molecule has 0 fully saturated rings. The van der Waals surface area contributed by atoms with Gasteiger partial charge < -0.3 is 9.32 Å². The van der Waals surface area contributed by atoms with Crippen LogP contribution in [0.2, 0.25) is 0 Å². The maximum Gasteiger partial charge on any atom is 0.143 e. The fourth-order valence-electron chi connectivity index (χ4n) is 11.2. The van der Waals surface area contributed by atoms with Gasteiger partial charge in [-0.15, -0.1) is 0 Å². The molecule has 0 N–H and O–H groups in total. The molecule has 1 aromatic heterocycles. The number of furan rings is 1. The number of para-hydroxylation sites is 2. The molecule has 0 amide bonds. The topological polar surface area (TPSA) is 16.4 Å². The number of rotatable bonds is 11. The van der Waals surface area contributed by atoms with Gasteiger partial charge in [0.1, 0.15) is 11.2 Å². The number of nitrogens with zero attached hydrogens (tertiary/aromatic N) is 1. The molecule has 0 saturated heterocycles. The Labute approximate surface area is 426 Å². The quantitative estimate of drug-likeness (QED) is 0.120. The van der Waals surface area contributed by atoms with Crippen molar-refractivity contribution >= 4 is 49.8 Å². The van der Waals surface area contributed by atoms with Crippen molar-refractivity contribution in [2.45, 2.75) is 5.41 Å². The van der Waals surface area contributed by atoms with E-state index in [0.29, 0.717) is 0 Å². The monoisotopic (exact) mass is 931 g/mol. The smallest absolute Gasteiger partial charge is 0.143 e. The number of anilines is 3. The van der Waals surface area contributed by atoms with Crippen molar-refractivity contribution in [2.75, 3.05) is 4.90 Å². The summed E-state index contributed by atoms with van der Waals surface area (Å²) in [4.78, 5) is 2.40. The highest BCUT2D eigenvalue weighted by Gasteiger charge is 2.39. The molecular weight excluding hydrogens is 883 g/mol. The molecule has 2 nitrogen and oxygen atoms in total. The minimum Gasteiger partial charge on any atom is -0.455 e. The molecule has 0 atom stereocenters. The molecule has 2 heteroatoms. The first kappa shape index (κ1) is 43.5. The average Bonchev–Trinajstić information content (AvgIpc) is 3.87. The van der Waals surface area contributed by atoms with E-state index < -0.39 is 5.41 Å². The van der Waals surface area contributed by atoms with E-state index in [2.05, 4.69) is 302 Å². The maximum atomic E-state index is 6.91. The number of hydrogen-bond donors (Lipinski definition) is 0. The van der Waals surface area contributed by atoms with Gasteiger partial charge in [0.15, 0.2) is 0 Å². The molecule has 0 aliphatic carbocycles. The lowest BCUT2D eigenvalue weighted by atomic mass is 9.65. The van der Waals surface area contributed by atoms with Gasteiger partial charge in [0.2, 0.25) is 0 Å².